The van der Waals surface area contributed by atoms with Gasteiger partial charge in [0, 0.05) is 6.54 Å². The Labute approximate surface area is 125 Å². The molecule has 2 aromatic rings. The number of benzene rings is 1. The van der Waals surface area contributed by atoms with Crippen LogP contribution in [0.1, 0.15) is 32.0 Å². The Balaban J connectivity index is 2.72. The van der Waals surface area contributed by atoms with Gasteiger partial charge < -0.3 is 10.3 Å². The first-order valence-electron chi connectivity index (χ1n) is 6.43. The number of hydrogen-bond acceptors (Lipinski definition) is 2. The minimum absolute atomic E-state index is 0.00757. The van der Waals surface area contributed by atoms with Crippen LogP contribution in [0.25, 0.3) is 11.0 Å². The van der Waals surface area contributed by atoms with Gasteiger partial charge in [-0.1, -0.05) is 0 Å². The summed E-state index contributed by atoms with van der Waals surface area (Å²) in [4.78, 5) is 15.7. The fourth-order valence-electron chi connectivity index (χ4n) is 2.11. The molecule has 0 spiro atoms. The number of alkyl halides is 1. The molecule has 1 heterocycles. The molecule has 2 N–H and O–H groups in total. The summed E-state index contributed by atoms with van der Waals surface area (Å²) in [6, 6.07) is 2.39. The van der Waals surface area contributed by atoms with Crippen LogP contribution in [0, 0.1) is 17.0 Å². The van der Waals surface area contributed by atoms with Gasteiger partial charge in [0.25, 0.3) is 0 Å². The first-order chi connectivity index (χ1) is 9.65. The predicted molar refractivity (Wildman–Crippen MR) is 76.9 cm³/mol. The Morgan fingerprint density at radius 2 is 2.10 bits per heavy atom. The molecule has 0 aliphatic rings. The van der Waals surface area contributed by atoms with Crippen LogP contribution >= 0.6 is 11.6 Å². The number of hydrogen-bond donors (Lipinski definition) is 1. The van der Waals surface area contributed by atoms with Gasteiger partial charge in [-0.2, -0.15) is 0 Å². The molecule has 2 rings (SSSR count). The summed E-state index contributed by atoms with van der Waals surface area (Å²) < 4.78 is 29.0. The largest absolute Gasteiger partial charge is 0.369 e. The van der Waals surface area contributed by atoms with Gasteiger partial charge in [0.1, 0.15) is 11.3 Å². The van der Waals surface area contributed by atoms with E-state index in [0.717, 1.165) is 6.07 Å². The molecule has 0 saturated heterocycles. The highest BCUT2D eigenvalue weighted by Crippen LogP contribution is 2.30. The van der Waals surface area contributed by atoms with E-state index in [1.54, 1.807) is 20.8 Å². The van der Waals surface area contributed by atoms with Crippen molar-refractivity contribution in [3.05, 3.63) is 29.6 Å². The number of fused-ring (bicyclic) bond motifs is 1. The van der Waals surface area contributed by atoms with Gasteiger partial charge in [0.15, 0.2) is 11.6 Å². The minimum atomic E-state index is -1.01. The van der Waals surface area contributed by atoms with Crippen molar-refractivity contribution < 1.29 is 13.6 Å². The van der Waals surface area contributed by atoms with Crippen LogP contribution in [0.4, 0.5) is 8.78 Å². The molecule has 1 aromatic heterocycles. The summed E-state index contributed by atoms with van der Waals surface area (Å²) >= 11 is 6.06. The lowest BCUT2D eigenvalue weighted by molar-refractivity contribution is -0.126. The van der Waals surface area contributed by atoms with E-state index in [0.29, 0.717) is 5.82 Å². The highest BCUT2D eigenvalue weighted by atomic mass is 35.5. The molecule has 21 heavy (non-hydrogen) atoms. The third kappa shape index (κ3) is 2.72. The van der Waals surface area contributed by atoms with E-state index >= 15 is 0 Å². The maximum absolute atomic E-state index is 14.1. The fraction of sp³-hybridized carbons (Fsp3) is 0.429. The molecule has 7 heteroatoms. The van der Waals surface area contributed by atoms with E-state index in [-0.39, 0.29) is 17.6 Å². The van der Waals surface area contributed by atoms with Crippen LogP contribution in [-0.4, -0.2) is 15.5 Å². The Bertz CT molecular complexity index is 710. The maximum Gasteiger partial charge on any atom is 0.224 e. The topological polar surface area (TPSA) is 60.9 Å². The van der Waals surface area contributed by atoms with Gasteiger partial charge in [-0.15, -0.1) is 11.6 Å². The van der Waals surface area contributed by atoms with Crippen molar-refractivity contribution in [3.8, 4) is 0 Å². The van der Waals surface area contributed by atoms with Gasteiger partial charge >= 0.3 is 0 Å². The quantitative estimate of drug-likeness (QED) is 0.881. The number of primary amides is 1. The zero-order valence-corrected chi connectivity index (χ0v) is 12.7. The minimum Gasteiger partial charge on any atom is -0.369 e. The summed E-state index contributed by atoms with van der Waals surface area (Å²) in [6.45, 7) is 4.98. The smallest absolute Gasteiger partial charge is 0.224 e. The highest BCUT2D eigenvalue weighted by molar-refractivity contribution is 6.20. The maximum atomic E-state index is 14.1. The molecule has 1 aromatic carbocycles. The summed E-state index contributed by atoms with van der Waals surface area (Å²) in [6.07, 6.45) is 0. The van der Waals surface area contributed by atoms with Crippen molar-refractivity contribution in [1.82, 2.24) is 9.55 Å². The van der Waals surface area contributed by atoms with Crippen LogP contribution in [0.3, 0.4) is 0 Å². The van der Waals surface area contributed by atoms with E-state index in [2.05, 4.69) is 4.98 Å². The lowest BCUT2D eigenvalue weighted by atomic mass is 9.92. The number of halogens is 3. The van der Waals surface area contributed by atoms with E-state index in [9.17, 15) is 13.6 Å². The van der Waals surface area contributed by atoms with Gasteiger partial charge in [0.2, 0.25) is 5.91 Å². The lowest BCUT2D eigenvalue weighted by Crippen LogP contribution is -2.36. The molecular weight excluding hydrogens is 300 g/mol. The third-order valence-electron chi connectivity index (χ3n) is 3.41. The number of rotatable bonds is 4. The number of amides is 1. The normalized spacial score (nSPS) is 13.6. The molecule has 1 amide bonds. The van der Waals surface area contributed by atoms with Gasteiger partial charge in [-0.05, 0) is 32.9 Å². The highest BCUT2D eigenvalue weighted by Gasteiger charge is 2.29. The second kappa shape index (κ2) is 5.26. The number of nitrogens with zero attached hydrogens (tertiary/aromatic N) is 2. The van der Waals surface area contributed by atoms with E-state index < -0.39 is 28.3 Å². The number of aromatic nitrogens is 2. The molecule has 0 aliphatic carbocycles. The van der Waals surface area contributed by atoms with Crippen molar-refractivity contribution in [2.24, 2.45) is 11.1 Å². The van der Waals surface area contributed by atoms with Crippen LogP contribution in [0.2, 0.25) is 0 Å². The van der Waals surface area contributed by atoms with Crippen molar-refractivity contribution in [1.29, 1.82) is 0 Å². The second-order valence-corrected chi connectivity index (χ2v) is 6.30. The molecular formula is C14H16ClF2N3O. The van der Waals surface area contributed by atoms with Crippen LogP contribution in [0.5, 0.6) is 0 Å². The molecule has 0 radical (unpaired) electrons. The number of nitrogens with two attached hydrogens (primary N) is 1. The van der Waals surface area contributed by atoms with Crippen molar-refractivity contribution in [3.63, 3.8) is 0 Å². The SMILES string of the molecule is CC(Cl)c1nc2ccc(F)c(F)c2n1CC(C)(C)C(N)=O. The molecule has 0 fully saturated rings. The zero-order valence-electron chi connectivity index (χ0n) is 12.0. The molecule has 4 nitrogen and oxygen atoms in total. The lowest BCUT2D eigenvalue weighted by Gasteiger charge is -2.23. The molecule has 114 valence electrons. The van der Waals surface area contributed by atoms with E-state index in [1.165, 1.54) is 10.6 Å². The third-order valence-corrected chi connectivity index (χ3v) is 3.60. The van der Waals surface area contributed by atoms with Gasteiger partial charge in [0.05, 0.1) is 16.3 Å². The van der Waals surface area contributed by atoms with Crippen molar-refractivity contribution in [2.45, 2.75) is 32.7 Å². The van der Waals surface area contributed by atoms with Crippen LogP contribution in [0.15, 0.2) is 12.1 Å². The summed E-state index contributed by atoms with van der Waals surface area (Å²) in [5, 5.41) is -0.525. The number of carbonyl (C=O) groups excluding carboxylic acids is 1. The predicted octanol–water partition coefficient (Wildman–Crippen LogP) is 3.13. The van der Waals surface area contributed by atoms with Gasteiger partial charge in [-0.25, -0.2) is 13.8 Å². The molecule has 1 unspecified atom stereocenters. The summed E-state index contributed by atoms with van der Waals surface area (Å²) in [5.74, 6) is -2.17. The molecule has 0 aliphatic heterocycles. The van der Waals surface area contributed by atoms with E-state index in [4.69, 9.17) is 17.3 Å². The Kier molecular flexibility index (Phi) is 3.93. The Morgan fingerprint density at radius 3 is 2.62 bits per heavy atom. The fourth-order valence-corrected chi connectivity index (χ4v) is 2.28. The first kappa shape index (κ1) is 15.7. The van der Waals surface area contributed by atoms with Crippen molar-refractivity contribution in [2.75, 3.05) is 0 Å². The first-order valence-corrected chi connectivity index (χ1v) is 6.87. The number of imidazole rings is 1. The van der Waals surface area contributed by atoms with Crippen molar-refractivity contribution >= 4 is 28.5 Å². The molecule has 1 atom stereocenters. The molecule has 0 bridgehead atoms. The van der Waals surface area contributed by atoms with Gasteiger partial charge in [-0.3, -0.25) is 4.79 Å². The zero-order chi connectivity index (χ0) is 15.9. The average Bonchev–Trinajstić information content (AvgIpc) is 2.72. The van der Waals surface area contributed by atoms with Crippen LogP contribution < -0.4 is 5.73 Å². The van der Waals surface area contributed by atoms with Crippen LogP contribution in [-0.2, 0) is 11.3 Å². The Morgan fingerprint density at radius 1 is 1.48 bits per heavy atom. The monoisotopic (exact) mass is 315 g/mol. The number of carbonyl (C=O) groups is 1. The van der Waals surface area contributed by atoms with E-state index in [1.807, 2.05) is 0 Å². The average molecular weight is 316 g/mol. The second-order valence-electron chi connectivity index (χ2n) is 5.65. The summed E-state index contributed by atoms with van der Waals surface area (Å²) in [7, 11) is 0. The summed E-state index contributed by atoms with van der Waals surface area (Å²) in [5.41, 5.74) is 4.68. The Hall–Kier alpha value is -1.69. The standard InChI is InChI=1S/C14H16ClF2N3O/c1-7(15)12-19-9-5-4-8(16)10(17)11(9)20(12)6-14(2,3)13(18)21/h4-5,7H,6H2,1-3H3,(H2,18,21). The molecule has 0 saturated carbocycles.